The number of aromatic nitrogens is 2. The predicted molar refractivity (Wildman–Crippen MR) is 74.7 cm³/mol. The van der Waals surface area contributed by atoms with Crippen LogP contribution in [0.4, 0.5) is 5.69 Å². The second kappa shape index (κ2) is 6.03. The number of anilines is 1. The minimum Gasteiger partial charge on any atom is -0.478 e. The topological polar surface area (TPSA) is 95.1 Å². The Bertz CT molecular complexity index is 666. The highest BCUT2D eigenvalue weighted by Crippen LogP contribution is 2.20. The van der Waals surface area contributed by atoms with E-state index >= 15 is 0 Å². The standard InChI is InChI=1S/C13H10ClN3O3/c14-11-5-9(2-1-8(11)3-4-12(18)19)13(20)17-10-6-15-16-7-10/h1-7H,(H,15,16)(H,17,20)(H,18,19)/b4-3+. The Kier molecular flexibility index (Phi) is 4.17. The lowest BCUT2D eigenvalue weighted by atomic mass is 10.1. The summed E-state index contributed by atoms with van der Waals surface area (Å²) in [6.45, 7) is 0. The van der Waals surface area contributed by atoms with Crippen LogP contribution in [0.15, 0.2) is 36.7 Å². The predicted octanol–water partition coefficient (Wildman–Crippen LogP) is 2.41. The molecule has 0 unspecified atom stereocenters. The maximum Gasteiger partial charge on any atom is 0.328 e. The quantitative estimate of drug-likeness (QED) is 0.754. The smallest absolute Gasteiger partial charge is 0.328 e. The fraction of sp³-hybridized carbons (Fsp3) is 0. The first-order valence-corrected chi connectivity index (χ1v) is 5.95. The number of carbonyl (C=O) groups excluding carboxylic acids is 1. The van der Waals surface area contributed by atoms with E-state index in [2.05, 4.69) is 15.5 Å². The summed E-state index contributed by atoms with van der Waals surface area (Å²) < 4.78 is 0. The molecule has 0 aliphatic rings. The van der Waals surface area contributed by atoms with Crippen LogP contribution in [0, 0.1) is 0 Å². The highest BCUT2D eigenvalue weighted by molar-refractivity contribution is 6.32. The molecule has 6 nitrogen and oxygen atoms in total. The molecule has 0 saturated carbocycles. The van der Waals surface area contributed by atoms with Crippen molar-refractivity contribution >= 4 is 35.2 Å². The van der Waals surface area contributed by atoms with E-state index in [9.17, 15) is 9.59 Å². The number of nitrogens with one attached hydrogen (secondary N) is 2. The van der Waals surface area contributed by atoms with Gasteiger partial charge in [-0.25, -0.2) is 4.79 Å². The molecule has 0 atom stereocenters. The molecule has 1 aromatic heterocycles. The van der Waals surface area contributed by atoms with E-state index in [0.29, 0.717) is 21.8 Å². The molecule has 3 N–H and O–H groups in total. The summed E-state index contributed by atoms with van der Waals surface area (Å²) in [7, 11) is 0. The van der Waals surface area contributed by atoms with Crippen LogP contribution in [-0.4, -0.2) is 27.2 Å². The van der Waals surface area contributed by atoms with Gasteiger partial charge >= 0.3 is 5.97 Å². The number of aliphatic carboxylic acids is 1. The number of aromatic amines is 1. The van der Waals surface area contributed by atoms with Crippen LogP contribution in [0.25, 0.3) is 6.08 Å². The molecular weight excluding hydrogens is 282 g/mol. The van der Waals surface area contributed by atoms with Crippen molar-refractivity contribution < 1.29 is 14.7 Å². The fourth-order valence-corrected chi connectivity index (χ4v) is 1.73. The zero-order valence-corrected chi connectivity index (χ0v) is 10.9. The van der Waals surface area contributed by atoms with Crippen LogP contribution >= 0.6 is 11.6 Å². The van der Waals surface area contributed by atoms with Crippen molar-refractivity contribution in [1.82, 2.24) is 10.2 Å². The molecule has 1 heterocycles. The number of H-pyrrole nitrogens is 1. The van der Waals surface area contributed by atoms with Gasteiger partial charge in [0.05, 0.1) is 11.9 Å². The van der Waals surface area contributed by atoms with Crippen LogP contribution in [0.3, 0.4) is 0 Å². The van der Waals surface area contributed by atoms with Gasteiger partial charge in [0.25, 0.3) is 5.91 Å². The summed E-state index contributed by atoms with van der Waals surface area (Å²) >= 11 is 6.00. The number of carboxylic acids is 1. The molecule has 102 valence electrons. The zero-order chi connectivity index (χ0) is 14.5. The van der Waals surface area contributed by atoms with E-state index in [1.54, 1.807) is 18.3 Å². The van der Waals surface area contributed by atoms with Crippen molar-refractivity contribution in [3.8, 4) is 0 Å². The van der Waals surface area contributed by atoms with Crippen LogP contribution in [-0.2, 0) is 4.79 Å². The molecule has 2 aromatic rings. The summed E-state index contributed by atoms with van der Waals surface area (Å²) in [4.78, 5) is 22.4. The van der Waals surface area contributed by atoms with Gasteiger partial charge in [-0.15, -0.1) is 0 Å². The number of halogens is 1. The molecule has 2 rings (SSSR count). The summed E-state index contributed by atoms with van der Waals surface area (Å²) in [5, 5.41) is 17.8. The third-order valence-corrected chi connectivity index (χ3v) is 2.75. The van der Waals surface area contributed by atoms with Crippen molar-refractivity contribution in [1.29, 1.82) is 0 Å². The van der Waals surface area contributed by atoms with Crippen molar-refractivity contribution in [2.45, 2.75) is 0 Å². The Labute approximate surface area is 119 Å². The van der Waals surface area contributed by atoms with Gasteiger partial charge in [-0.1, -0.05) is 17.7 Å². The molecule has 0 aliphatic carbocycles. The molecular formula is C13H10ClN3O3. The third-order valence-electron chi connectivity index (χ3n) is 2.42. The number of amides is 1. The summed E-state index contributed by atoms with van der Waals surface area (Å²) in [5.74, 6) is -1.40. The molecule has 0 saturated heterocycles. The van der Waals surface area contributed by atoms with Crippen molar-refractivity contribution in [3.05, 3.63) is 52.8 Å². The first-order chi connectivity index (χ1) is 9.56. The van der Waals surface area contributed by atoms with Gasteiger partial charge in [0.1, 0.15) is 0 Å². The largest absolute Gasteiger partial charge is 0.478 e. The van der Waals surface area contributed by atoms with Gasteiger partial charge in [-0.3, -0.25) is 9.89 Å². The first kappa shape index (κ1) is 13.8. The molecule has 0 aliphatic heterocycles. The lowest BCUT2D eigenvalue weighted by Gasteiger charge is -2.04. The Morgan fingerprint density at radius 1 is 1.40 bits per heavy atom. The maximum absolute atomic E-state index is 11.9. The molecule has 0 radical (unpaired) electrons. The molecule has 7 heteroatoms. The van der Waals surface area contributed by atoms with Crippen molar-refractivity contribution in [2.75, 3.05) is 5.32 Å². The van der Waals surface area contributed by atoms with Gasteiger partial charge in [-0.05, 0) is 23.8 Å². The molecule has 0 bridgehead atoms. The molecule has 1 amide bonds. The normalized spacial score (nSPS) is 10.7. The minimum absolute atomic E-state index is 0.294. The SMILES string of the molecule is O=C(O)/C=C/c1ccc(C(=O)Nc2cn[nH]c2)cc1Cl. The molecule has 0 spiro atoms. The van der Waals surface area contributed by atoms with E-state index in [-0.39, 0.29) is 5.91 Å². The second-order valence-corrected chi connectivity index (χ2v) is 4.26. The van der Waals surface area contributed by atoms with Gasteiger partial charge in [-0.2, -0.15) is 5.10 Å². The summed E-state index contributed by atoms with van der Waals surface area (Å²) in [6.07, 6.45) is 5.36. The second-order valence-electron chi connectivity index (χ2n) is 3.85. The average molecular weight is 292 g/mol. The van der Waals surface area contributed by atoms with Crippen LogP contribution in [0.5, 0.6) is 0 Å². The Balaban J connectivity index is 2.16. The number of carboxylic acid groups (broad SMARTS) is 1. The lowest BCUT2D eigenvalue weighted by molar-refractivity contribution is -0.131. The van der Waals surface area contributed by atoms with Crippen LogP contribution < -0.4 is 5.32 Å². The third kappa shape index (κ3) is 3.46. The summed E-state index contributed by atoms with van der Waals surface area (Å²) in [6, 6.07) is 4.60. The van der Waals surface area contributed by atoms with Gasteiger partial charge < -0.3 is 10.4 Å². The average Bonchev–Trinajstić information content (AvgIpc) is 2.89. The van der Waals surface area contributed by atoms with Crippen molar-refractivity contribution in [3.63, 3.8) is 0 Å². The highest BCUT2D eigenvalue weighted by atomic mass is 35.5. The maximum atomic E-state index is 11.9. The number of hydrogen-bond acceptors (Lipinski definition) is 3. The monoisotopic (exact) mass is 291 g/mol. The fourth-order valence-electron chi connectivity index (χ4n) is 1.49. The number of rotatable bonds is 4. The van der Waals surface area contributed by atoms with Gasteiger partial charge in [0.15, 0.2) is 0 Å². The first-order valence-electron chi connectivity index (χ1n) is 5.57. The minimum atomic E-state index is -1.07. The van der Waals surface area contributed by atoms with Crippen LogP contribution in [0.2, 0.25) is 5.02 Å². The van der Waals surface area contributed by atoms with E-state index < -0.39 is 5.97 Å². The molecule has 1 aromatic carbocycles. The number of benzene rings is 1. The summed E-state index contributed by atoms with van der Waals surface area (Å²) in [5.41, 5.74) is 1.43. The molecule has 20 heavy (non-hydrogen) atoms. The van der Waals surface area contributed by atoms with Crippen molar-refractivity contribution in [2.24, 2.45) is 0 Å². The molecule has 0 fully saturated rings. The number of nitrogens with zero attached hydrogens (tertiary/aromatic N) is 1. The van der Waals surface area contributed by atoms with Gasteiger partial charge in [0, 0.05) is 22.9 Å². The number of carbonyl (C=O) groups is 2. The Morgan fingerprint density at radius 3 is 2.80 bits per heavy atom. The zero-order valence-electron chi connectivity index (χ0n) is 10.1. The Morgan fingerprint density at radius 2 is 2.20 bits per heavy atom. The number of hydrogen-bond donors (Lipinski definition) is 3. The lowest BCUT2D eigenvalue weighted by Crippen LogP contribution is -2.11. The van der Waals surface area contributed by atoms with E-state index in [0.717, 1.165) is 6.08 Å². The van der Waals surface area contributed by atoms with E-state index in [1.165, 1.54) is 18.3 Å². The van der Waals surface area contributed by atoms with E-state index in [4.69, 9.17) is 16.7 Å². The highest BCUT2D eigenvalue weighted by Gasteiger charge is 2.08. The van der Waals surface area contributed by atoms with E-state index in [1.807, 2.05) is 0 Å². The Hall–Kier alpha value is -2.60. The van der Waals surface area contributed by atoms with Crippen LogP contribution in [0.1, 0.15) is 15.9 Å². The van der Waals surface area contributed by atoms with Gasteiger partial charge in [0.2, 0.25) is 0 Å².